The second-order valence-corrected chi connectivity index (χ2v) is 6.35. The van der Waals surface area contributed by atoms with Crippen LogP contribution in [0.5, 0.6) is 0 Å². The van der Waals surface area contributed by atoms with Crippen molar-refractivity contribution in [3.8, 4) is 0 Å². The number of aromatic nitrogens is 1. The number of carbonyl (C=O) groups is 1. The molecular weight excluding hydrogens is 320 g/mol. The van der Waals surface area contributed by atoms with Gasteiger partial charge in [0.1, 0.15) is 0 Å². The zero-order valence-electron chi connectivity index (χ0n) is 14.0. The minimum atomic E-state index is -0.00264. The van der Waals surface area contributed by atoms with Crippen molar-refractivity contribution in [3.05, 3.63) is 96.2 Å². The molecule has 3 nitrogen and oxygen atoms in total. The van der Waals surface area contributed by atoms with E-state index in [1.54, 1.807) is 0 Å². The quantitative estimate of drug-likeness (QED) is 0.490. The molecule has 0 radical (unpaired) electrons. The molecule has 0 unspecified atom stereocenters. The molecule has 3 aromatic carbocycles. The maximum atomic E-state index is 13.4. The van der Waals surface area contributed by atoms with E-state index in [1.807, 2.05) is 96.0 Å². The number of hydrogen-bond donors (Lipinski definition) is 1. The lowest BCUT2D eigenvalue weighted by Crippen LogP contribution is -2.20. The number of amides is 1. The van der Waals surface area contributed by atoms with Gasteiger partial charge in [-0.25, -0.2) is 0 Å². The van der Waals surface area contributed by atoms with Gasteiger partial charge in [0.25, 0.3) is 5.91 Å². The molecule has 5 rings (SSSR count). The molecule has 4 aromatic rings. The number of carbonyl (C=O) groups excluding carboxylic acids is 1. The van der Waals surface area contributed by atoms with Crippen molar-refractivity contribution in [2.45, 2.75) is 0 Å². The van der Waals surface area contributed by atoms with Crippen molar-refractivity contribution in [2.75, 3.05) is 4.90 Å². The van der Waals surface area contributed by atoms with Gasteiger partial charge in [0.2, 0.25) is 0 Å². The number of anilines is 2. The third-order valence-corrected chi connectivity index (χ3v) is 4.79. The van der Waals surface area contributed by atoms with Gasteiger partial charge < -0.3 is 4.98 Å². The van der Waals surface area contributed by atoms with E-state index < -0.39 is 0 Å². The first-order valence-electron chi connectivity index (χ1n) is 8.60. The first-order chi connectivity index (χ1) is 12.8. The van der Waals surface area contributed by atoms with Crippen molar-refractivity contribution in [1.82, 2.24) is 4.98 Å². The topological polar surface area (TPSA) is 36.1 Å². The zero-order valence-corrected chi connectivity index (χ0v) is 14.0. The van der Waals surface area contributed by atoms with E-state index in [0.29, 0.717) is 0 Å². The number of fused-ring (bicyclic) bond motifs is 2. The maximum Gasteiger partial charge on any atom is 0.263 e. The number of rotatable bonds is 2. The smallest absolute Gasteiger partial charge is 0.263 e. The monoisotopic (exact) mass is 336 g/mol. The van der Waals surface area contributed by atoms with E-state index in [1.165, 1.54) is 0 Å². The lowest BCUT2D eigenvalue weighted by Gasteiger charge is -2.18. The van der Waals surface area contributed by atoms with Crippen LogP contribution in [-0.2, 0) is 4.79 Å². The molecule has 0 saturated heterocycles. The second-order valence-electron chi connectivity index (χ2n) is 6.35. The predicted molar refractivity (Wildman–Crippen MR) is 106 cm³/mol. The fourth-order valence-corrected chi connectivity index (χ4v) is 3.59. The Morgan fingerprint density at radius 2 is 1.54 bits per heavy atom. The van der Waals surface area contributed by atoms with Crippen LogP contribution in [0, 0.1) is 0 Å². The summed E-state index contributed by atoms with van der Waals surface area (Å²) in [6, 6.07) is 26.0. The highest BCUT2D eigenvalue weighted by molar-refractivity contribution is 6.38. The highest BCUT2D eigenvalue weighted by Crippen LogP contribution is 2.43. The summed E-state index contributed by atoms with van der Waals surface area (Å²) in [5.74, 6) is -0.00264. The standard InChI is InChI=1S/C23H16N2O/c26-23-19(15-16-7-2-1-3-8-16)18-10-4-5-11-20(18)25(23)21-12-6-9-17-13-14-24-22(17)21/h1-15,24H. The molecule has 1 aliphatic rings. The van der Waals surface area contributed by atoms with Gasteiger partial charge in [0, 0.05) is 17.1 Å². The van der Waals surface area contributed by atoms with Crippen LogP contribution in [0.1, 0.15) is 11.1 Å². The van der Waals surface area contributed by atoms with Gasteiger partial charge in [0.05, 0.1) is 22.5 Å². The summed E-state index contributed by atoms with van der Waals surface area (Å²) in [5, 5.41) is 1.09. The Morgan fingerprint density at radius 3 is 2.42 bits per heavy atom. The highest BCUT2D eigenvalue weighted by Gasteiger charge is 2.34. The van der Waals surface area contributed by atoms with Crippen LogP contribution in [0.3, 0.4) is 0 Å². The van der Waals surface area contributed by atoms with Crippen molar-refractivity contribution in [1.29, 1.82) is 0 Å². The predicted octanol–water partition coefficient (Wildman–Crippen LogP) is 5.39. The van der Waals surface area contributed by atoms with Crippen LogP contribution < -0.4 is 4.90 Å². The van der Waals surface area contributed by atoms with Gasteiger partial charge in [-0.1, -0.05) is 60.7 Å². The molecule has 1 amide bonds. The van der Waals surface area contributed by atoms with Gasteiger partial charge in [-0.3, -0.25) is 9.69 Å². The summed E-state index contributed by atoms with van der Waals surface area (Å²) in [5.41, 5.74) is 5.46. The van der Waals surface area contributed by atoms with Crippen LogP contribution in [-0.4, -0.2) is 10.9 Å². The van der Waals surface area contributed by atoms with Gasteiger partial charge in [0.15, 0.2) is 0 Å². The normalized spacial score (nSPS) is 15.0. The Morgan fingerprint density at radius 1 is 0.769 bits per heavy atom. The van der Waals surface area contributed by atoms with E-state index in [2.05, 4.69) is 4.98 Å². The Kier molecular flexibility index (Phi) is 3.25. The molecular formula is C23H16N2O. The van der Waals surface area contributed by atoms with Gasteiger partial charge in [-0.2, -0.15) is 0 Å². The molecule has 3 heteroatoms. The van der Waals surface area contributed by atoms with Gasteiger partial charge in [-0.15, -0.1) is 0 Å². The first-order valence-corrected chi connectivity index (χ1v) is 8.60. The van der Waals surface area contributed by atoms with Crippen LogP contribution in [0.4, 0.5) is 11.4 Å². The minimum Gasteiger partial charge on any atom is -0.359 e. The Balaban J connectivity index is 1.72. The van der Waals surface area contributed by atoms with Crippen LogP contribution in [0.2, 0.25) is 0 Å². The molecule has 2 heterocycles. The number of hydrogen-bond acceptors (Lipinski definition) is 1. The summed E-state index contributed by atoms with van der Waals surface area (Å²) in [7, 11) is 0. The average molecular weight is 336 g/mol. The fraction of sp³-hybridized carbons (Fsp3) is 0. The molecule has 0 atom stereocenters. The fourth-order valence-electron chi connectivity index (χ4n) is 3.59. The highest BCUT2D eigenvalue weighted by atomic mass is 16.2. The summed E-state index contributed by atoms with van der Waals surface area (Å²) < 4.78 is 0. The van der Waals surface area contributed by atoms with E-state index in [9.17, 15) is 4.79 Å². The van der Waals surface area contributed by atoms with Crippen LogP contribution in [0.25, 0.3) is 22.6 Å². The van der Waals surface area contributed by atoms with Crippen LogP contribution >= 0.6 is 0 Å². The molecule has 1 aliphatic heterocycles. The summed E-state index contributed by atoms with van der Waals surface area (Å²) >= 11 is 0. The number of benzene rings is 3. The van der Waals surface area contributed by atoms with E-state index >= 15 is 0 Å². The minimum absolute atomic E-state index is 0.00264. The Bertz CT molecular complexity index is 1160. The molecule has 0 bridgehead atoms. The van der Waals surface area contributed by atoms with E-state index in [-0.39, 0.29) is 5.91 Å². The SMILES string of the molecule is O=C1C(=Cc2ccccc2)c2ccccc2N1c1cccc2cc[nH]c12. The zero-order chi connectivity index (χ0) is 17.5. The third kappa shape index (κ3) is 2.18. The van der Waals surface area contributed by atoms with Crippen molar-refractivity contribution >= 4 is 39.8 Å². The number of aromatic amines is 1. The number of nitrogens with zero attached hydrogens (tertiary/aromatic N) is 1. The lowest BCUT2D eigenvalue weighted by molar-refractivity contribution is -0.112. The molecule has 1 N–H and O–H groups in total. The van der Waals surface area contributed by atoms with Crippen molar-refractivity contribution in [2.24, 2.45) is 0 Å². The van der Waals surface area contributed by atoms with Crippen molar-refractivity contribution in [3.63, 3.8) is 0 Å². The first kappa shape index (κ1) is 14.7. The summed E-state index contributed by atoms with van der Waals surface area (Å²) in [6.07, 6.45) is 3.87. The molecule has 0 fully saturated rings. The van der Waals surface area contributed by atoms with Gasteiger partial charge in [-0.05, 0) is 29.8 Å². The Hall–Kier alpha value is -3.59. The summed E-state index contributed by atoms with van der Waals surface area (Å²) in [4.78, 5) is 18.5. The van der Waals surface area contributed by atoms with E-state index in [0.717, 1.165) is 39.0 Å². The van der Waals surface area contributed by atoms with E-state index in [4.69, 9.17) is 0 Å². The summed E-state index contributed by atoms with van der Waals surface area (Å²) in [6.45, 7) is 0. The van der Waals surface area contributed by atoms with Gasteiger partial charge >= 0.3 is 0 Å². The van der Waals surface area contributed by atoms with Crippen molar-refractivity contribution < 1.29 is 4.79 Å². The van der Waals surface area contributed by atoms with Crippen LogP contribution in [0.15, 0.2) is 85.1 Å². The molecule has 0 spiro atoms. The number of H-pyrrole nitrogens is 1. The third-order valence-electron chi connectivity index (χ3n) is 4.79. The largest absolute Gasteiger partial charge is 0.359 e. The molecule has 0 aliphatic carbocycles. The number of para-hydroxylation sites is 2. The molecule has 124 valence electrons. The Labute approximate surface area is 151 Å². The lowest BCUT2D eigenvalue weighted by atomic mass is 10.0. The number of nitrogens with one attached hydrogen (secondary N) is 1. The molecule has 26 heavy (non-hydrogen) atoms. The molecule has 1 aromatic heterocycles. The molecule has 0 saturated carbocycles. The maximum absolute atomic E-state index is 13.4. The second kappa shape index (κ2) is 5.74. The average Bonchev–Trinajstić information content (AvgIpc) is 3.26.